The van der Waals surface area contributed by atoms with Crippen LogP contribution in [0.15, 0.2) is 18.2 Å². The van der Waals surface area contributed by atoms with E-state index in [4.69, 9.17) is 4.74 Å². The normalized spacial score (nSPS) is 19.4. The Kier molecular flexibility index (Phi) is 5.39. The number of piperidine rings is 1. The number of anilines is 1. The van der Waals surface area contributed by atoms with Crippen LogP contribution in [-0.4, -0.2) is 37.7 Å². The monoisotopic (exact) mass is 288 g/mol. The first kappa shape index (κ1) is 14.7. The highest BCUT2D eigenvalue weighted by Gasteiger charge is 2.10. The molecule has 0 amide bonds. The van der Waals surface area contributed by atoms with E-state index < -0.39 is 0 Å². The number of benzene rings is 1. The highest BCUT2D eigenvalue weighted by molar-refractivity contribution is 5.54. The van der Waals surface area contributed by atoms with E-state index in [1.165, 1.54) is 69.4 Å². The summed E-state index contributed by atoms with van der Waals surface area (Å²) in [5, 5.41) is 3.50. The van der Waals surface area contributed by atoms with Crippen molar-refractivity contribution < 1.29 is 4.74 Å². The number of likely N-dealkylation sites (tertiary alicyclic amines) is 1. The van der Waals surface area contributed by atoms with Crippen LogP contribution in [0.1, 0.15) is 44.1 Å². The van der Waals surface area contributed by atoms with Crippen LogP contribution in [-0.2, 0) is 6.42 Å². The van der Waals surface area contributed by atoms with Crippen molar-refractivity contribution in [2.75, 3.05) is 38.1 Å². The lowest BCUT2D eigenvalue weighted by Crippen LogP contribution is -2.31. The maximum absolute atomic E-state index is 5.95. The minimum atomic E-state index is 0.836. The Morgan fingerprint density at radius 2 is 1.95 bits per heavy atom. The van der Waals surface area contributed by atoms with Gasteiger partial charge in [0.05, 0.1) is 6.61 Å². The molecule has 0 saturated carbocycles. The Labute approximate surface area is 128 Å². The molecule has 1 N–H and O–H groups in total. The molecule has 3 nitrogen and oxygen atoms in total. The number of hydrogen-bond acceptors (Lipinski definition) is 3. The van der Waals surface area contributed by atoms with E-state index in [0.717, 1.165) is 25.3 Å². The lowest BCUT2D eigenvalue weighted by molar-refractivity contribution is 0.205. The van der Waals surface area contributed by atoms with Gasteiger partial charge in [-0.1, -0.05) is 6.42 Å². The zero-order chi connectivity index (χ0) is 14.3. The van der Waals surface area contributed by atoms with Crippen LogP contribution in [0.25, 0.3) is 0 Å². The number of rotatable bonds is 5. The van der Waals surface area contributed by atoms with Crippen molar-refractivity contribution in [3.05, 3.63) is 23.8 Å². The Bertz CT molecular complexity index is 441. The smallest absolute Gasteiger partial charge is 0.119 e. The maximum Gasteiger partial charge on any atom is 0.119 e. The molecule has 1 saturated heterocycles. The summed E-state index contributed by atoms with van der Waals surface area (Å²) in [5.41, 5.74) is 2.72. The number of fused-ring (bicyclic) bond motifs is 1. The van der Waals surface area contributed by atoms with Gasteiger partial charge in [0.15, 0.2) is 0 Å². The fraction of sp³-hybridized carbons (Fsp3) is 0.667. The highest BCUT2D eigenvalue weighted by Crippen LogP contribution is 2.26. The molecule has 3 rings (SSSR count). The average molecular weight is 288 g/mol. The van der Waals surface area contributed by atoms with Gasteiger partial charge in [0, 0.05) is 18.8 Å². The molecule has 21 heavy (non-hydrogen) atoms. The Hall–Kier alpha value is -1.22. The molecule has 2 heterocycles. The molecule has 0 spiro atoms. The van der Waals surface area contributed by atoms with E-state index in [-0.39, 0.29) is 0 Å². The van der Waals surface area contributed by atoms with Crippen molar-refractivity contribution in [2.24, 2.45) is 0 Å². The molecule has 1 aromatic carbocycles. The number of nitrogens with one attached hydrogen (secondary N) is 1. The first-order chi connectivity index (χ1) is 10.4. The summed E-state index contributed by atoms with van der Waals surface area (Å²) >= 11 is 0. The van der Waals surface area contributed by atoms with Crippen molar-refractivity contribution in [3.63, 3.8) is 0 Å². The Morgan fingerprint density at radius 3 is 2.86 bits per heavy atom. The zero-order valence-electron chi connectivity index (χ0n) is 13.1. The predicted octanol–water partition coefficient (Wildman–Crippen LogP) is 3.69. The van der Waals surface area contributed by atoms with Crippen LogP contribution in [0.3, 0.4) is 0 Å². The van der Waals surface area contributed by atoms with Gasteiger partial charge in [-0.2, -0.15) is 0 Å². The number of hydrogen-bond donors (Lipinski definition) is 1. The SMILES string of the molecule is c1cc2c(cc1OCCCN1CCCCC1)CCCCN2. The van der Waals surface area contributed by atoms with Gasteiger partial charge in [0.1, 0.15) is 5.75 Å². The average Bonchev–Trinajstić information content (AvgIpc) is 2.77. The fourth-order valence-electron chi connectivity index (χ4n) is 3.36. The molecule has 116 valence electrons. The molecule has 1 fully saturated rings. The van der Waals surface area contributed by atoms with Gasteiger partial charge in [-0.15, -0.1) is 0 Å². The fourth-order valence-corrected chi connectivity index (χ4v) is 3.36. The van der Waals surface area contributed by atoms with Gasteiger partial charge in [0.25, 0.3) is 0 Å². The maximum atomic E-state index is 5.95. The molecular formula is C18H28N2O. The van der Waals surface area contributed by atoms with Crippen molar-refractivity contribution in [2.45, 2.75) is 44.9 Å². The molecule has 3 heteroatoms. The third-order valence-electron chi connectivity index (χ3n) is 4.60. The lowest BCUT2D eigenvalue weighted by atomic mass is 10.1. The van der Waals surface area contributed by atoms with Gasteiger partial charge in [0.2, 0.25) is 0 Å². The van der Waals surface area contributed by atoms with Crippen molar-refractivity contribution in [3.8, 4) is 5.75 Å². The molecule has 2 aliphatic rings. The molecule has 0 radical (unpaired) electrons. The second kappa shape index (κ2) is 7.69. The highest BCUT2D eigenvalue weighted by atomic mass is 16.5. The van der Waals surface area contributed by atoms with E-state index in [1.807, 2.05) is 0 Å². The summed E-state index contributed by atoms with van der Waals surface area (Å²) in [7, 11) is 0. The van der Waals surface area contributed by atoms with Crippen LogP contribution < -0.4 is 10.1 Å². The van der Waals surface area contributed by atoms with Crippen molar-refractivity contribution in [1.82, 2.24) is 4.90 Å². The van der Waals surface area contributed by atoms with Crippen LogP contribution >= 0.6 is 0 Å². The quantitative estimate of drug-likeness (QED) is 0.836. The van der Waals surface area contributed by atoms with Crippen LogP contribution in [0.4, 0.5) is 5.69 Å². The van der Waals surface area contributed by atoms with Gasteiger partial charge in [-0.05, 0) is 75.4 Å². The number of ether oxygens (including phenoxy) is 1. The molecule has 2 aliphatic heterocycles. The Morgan fingerprint density at radius 1 is 1.05 bits per heavy atom. The van der Waals surface area contributed by atoms with E-state index in [9.17, 15) is 0 Å². The molecule has 0 atom stereocenters. The standard InChI is InChI=1S/C18H28N2O/c1-4-11-20(12-5-1)13-6-14-21-17-8-9-18-16(15-17)7-2-3-10-19-18/h8-9,15,19H,1-7,10-14H2. The zero-order valence-corrected chi connectivity index (χ0v) is 13.1. The summed E-state index contributed by atoms with van der Waals surface area (Å²) in [6, 6.07) is 6.52. The summed E-state index contributed by atoms with van der Waals surface area (Å²) in [6.45, 7) is 5.69. The first-order valence-corrected chi connectivity index (χ1v) is 8.64. The largest absolute Gasteiger partial charge is 0.494 e. The van der Waals surface area contributed by atoms with E-state index >= 15 is 0 Å². The minimum Gasteiger partial charge on any atom is -0.494 e. The summed E-state index contributed by atoms with van der Waals surface area (Å²) < 4.78 is 5.95. The Balaban J connectivity index is 1.43. The number of nitrogens with zero attached hydrogens (tertiary/aromatic N) is 1. The summed E-state index contributed by atoms with van der Waals surface area (Å²) in [5.74, 6) is 1.04. The second-order valence-electron chi connectivity index (χ2n) is 6.31. The second-order valence-corrected chi connectivity index (χ2v) is 6.31. The molecule has 0 aliphatic carbocycles. The van der Waals surface area contributed by atoms with Crippen molar-refractivity contribution in [1.29, 1.82) is 0 Å². The van der Waals surface area contributed by atoms with Gasteiger partial charge in [-0.25, -0.2) is 0 Å². The third kappa shape index (κ3) is 4.37. The molecule has 0 aromatic heterocycles. The van der Waals surface area contributed by atoms with Gasteiger partial charge < -0.3 is 15.0 Å². The first-order valence-electron chi connectivity index (χ1n) is 8.64. The van der Waals surface area contributed by atoms with Crippen LogP contribution in [0, 0.1) is 0 Å². The molecule has 0 bridgehead atoms. The van der Waals surface area contributed by atoms with Crippen molar-refractivity contribution >= 4 is 5.69 Å². The molecule has 0 unspecified atom stereocenters. The minimum absolute atomic E-state index is 0.836. The predicted molar refractivity (Wildman–Crippen MR) is 88.3 cm³/mol. The van der Waals surface area contributed by atoms with E-state index in [2.05, 4.69) is 28.4 Å². The van der Waals surface area contributed by atoms with Gasteiger partial charge >= 0.3 is 0 Å². The third-order valence-corrected chi connectivity index (χ3v) is 4.60. The lowest BCUT2D eigenvalue weighted by Gasteiger charge is -2.26. The van der Waals surface area contributed by atoms with Crippen LogP contribution in [0.5, 0.6) is 5.75 Å². The molecule has 1 aromatic rings. The number of aryl methyl sites for hydroxylation is 1. The van der Waals surface area contributed by atoms with Crippen LogP contribution in [0.2, 0.25) is 0 Å². The topological polar surface area (TPSA) is 24.5 Å². The summed E-state index contributed by atoms with van der Waals surface area (Å²) in [4.78, 5) is 2.58. The van der Waals surface area contributed by atoms with E-state index in [1.54, 1.807) is 0 Å². The van der Waals surface area contributed by atoms with Gasteiger partial charge in [-0.3, -0.25) is 0 Å². The summed E-state index contributed by atoms with van der Waals surface area (Å²) in [6.07, 6.45) is 9.01. The molecular weight excluding hydrogens is 260 g/mol. The van der Waals surface area contributed by atoms with E-state index in [0.29, 0.717) is 0 Å².